The van der Waals surface area contributed by atoms with Crippen LogP contribution in [0.15, 0.2) is 66.7 Å². The van der Waals surface area contributed by atoms with Crippen LogP contribution in [0, 0.1) is 6.92 Å². The number of carbonyl (C=O) groups excluding carboxylic acids is 2. The highest BCUT2D eigenvalue weighted by atomic mass is 16.2. The Morgan fingerprint density at radius 2 is 1.63 bits per heavy atom. The highest BCUT2D eigenvalue weighted by Gasteiger charge is 2.25. The van der Waals surface area contributed by atoms with Crippen molar-refractivity contribution in [2.24, 2.45) is 0 Å². The van der Waals surface area contributed by atoms with Crippen LogP contribution in [-0.2, 0) is 0 Å². The standard InChI is InChI=1S/C25H25N3O2/c1-17-7-12-21(26-24(29)20-5-4-6-22(15-20)27(2)3)16-23(17)18-8-10-19(11-9-18)25(30)28-13-14-28/h4-12,15-16H,13-14H2,1-3H3,(H,26,29). The minimum absolute atomic E-state index is 0.0826. The minimum atomic E-state index is -0.145. The first-order valence-corrected chi connectivity index (χ1v) is 10.0. The van der Waals surface area contributed by atoms with Crippen molar-refractivity contribution in [3.8, 4) is 11.1 Å². The van der Waals surface area contributed by atoms with E-state index in [9.17, 15) is 9.59 Å². The lowest BCUT2D eigenvalue weighted by Gasteiger charge is -2.14. The number of rotatable bonds is 5. The summed E-state index contributed by atoms with van der Waals surface area (Å²) in [4.78, 5) is 28.7. The molecule has 3 aromatic rings. The van der Waals surface area contributed by atoms with Gasteiger partial charge in [0, 0.05) is 49.7 Å². The third-order valence-corrected chi connectivity index (χ3v) is 5.30. The zero-order valence-electron chi connectivity index (χ0n) is 17.5. The maximum atomic E-state index is 12.7. The summed E-state index contributed by atoms with van der Waals surface area (Å²) in [5.41, 5.74) is 6.18. The number of benzene rings is 3. The molecule has 0 radical (unpaired) electrons. The van der Waals surface area contributed by atoms with Crippen molar-refractivity contribution in [3.05, 3.63) is 83.4 Å². The second-order valence-corrected chi connectivity index (χ2v) is 7.80. The smallest absolute Gasteiger partial charge is 0.255 e. The van der Waals surface area contributed by atoms with Crippen LogP contribution >= 0.6 is 0 Å². The van der Waals surface area contributed by atoms with Gasteiger partial charge in [0.25, 0.3) is 11.8 Å². The Morgan fingerprint density at radius 1 is 0.900 bits per heavy atom. The fraction of sp³-hybridized carbons (Fsp3) is 0.200. The van der Waals surface area contributed by atoms with Gasteiger partial charge in [0.2, 0.25) is 0 Å². The average molecular weight is 399 g/mol. The normalized spacial score (nSPS) is 12.4. The molecular weight excluding hydrogens is 374 g/mol. The molecule has 152 valence electrons. The van der Waals surface area contributed by atoms with Crippen molar-refractivity contribution >= 4 is 23.2 Å². The first-order valence-electron chi connectivity index (χ1n) is 10.0. The van der Waals surface area contributed by atoms with Gasteiger partial charge in [-0.3, -0.25) is 9.59 Å². The molecule has 2 amide bonds. The summed E-state index contributed by atoms with van der Waals surface area (Å²) in [5, 5.41) is 3.00. The summed E-state index contributed by atoms with van der Waals surface area (Å²) in [6.07, 6.45) is 0. The number of hydrogen-bond donors (Lipinski definition) is 1. The molecule has 1 N–H and O–H groups in total. The Hall–Kier alpha value is -3.60. The maximum absolute atomic E-state index is 12.7. The highest BCUT2D eigenvalue weighted by molar-refractivity contribution is 6.05. The molecule has 0 aromatic heterocycles. The van der Waals surface area contributed by atoms with Gasteiger partial charge in [0.05, 0.1) is 0 Å². The Labute approximate surface area is 176 Å². The van der Waals surface area contributed by atoms with E-state index in [1.807, 2.05) is 97.5 Å². The van der Waals surface area contributed by atoms with Crippen LogP contribution in [0.1, 0.15) is 26.3 Å². The second kappa shape index (κ2) is 8.03. The SMILES string of the molecule is Cc1ccc(NC(=O)c2cccc(N(C)C)c2)cc1-c1ccc(C(=O)N2CC2)cc1. The van der Waals surface area contributed by atoms with E-state index in [2.05, 4.69) is 5.32 Å². The van der Waals surface area contributed by atoms with Gasteiger partial charge in [-0.25, -0.2) is 0 Å². The summed E-state index contributed by atoms with van der Waals surface area (Å²) < 4.78 is 0. The van der Waals surface area contributed by atoms with Crippen LogP contribution in [-0.4, -0.2) is 43.9 Å². The molecule has 1 aliphatic rings. The maximum Gasteiger partial charge on any atom is 0.255 e. The van der Waals surface area contributed by atoms with Crippen LogP contribution in [0.4, 0.5) is 11.4 Å². The van der Waals surface area contributed by atoms with Gasteiger partial charge in [0.15, 0.2) is 0 Å². The van der Waals surface area contributed by atoms with Crippen LogP contribution in [0.25, 0.3) is 11.1 Å². The molecule has 0 atom stereocenters. The number of amides is 2. The minimum Gasteiger partial charge on any atom is -0.378 e. The number of aryl methyl sites for hydroxylation is 1. The lowest BCUT2D eigenvalue weighted by Crippen LogP contribution is -2.14. The van der Waals surface area contributed by atoms with Crippen molar-refractivity contribution in [3.63, 3.8) is 0 Å². The van der Waals surface area contributed by atoms with E-state index in [-0.39, 0.29) is 11.8 Å². The molecule has 1 saturated heterocycles. The van der Waals surface area contributed by atoms with E-state index in [1.165, 1.54) is 0 Å². The molecule has 0 spiro atoms. The summed E-state index contributed by atoms with van der Waals surface area (Å²) in [6, 6.07) is 21.1. The summed E-state index contributed by atoms with van der Waals surface area (Å²) >= 11 is 0. The summed E-state index contributed by atoms with van der Waals surface area (Å²) in [5.74, 6) is -0.0628. The first kappa shape index (κ1) is 19.7. The van der Waals surface area contributed by atoms with Gasteiger partial charge >= 0.3 is 0 Å². The average Bonchev–Trinajstić information content (AvgIpc) is 3.60. The lowest BCUT2D eigenvalue weighted by atomic mass is 9.98. The van der Waals surface area contributed by atoms with E-state index in [1.54, 1.807) is 0 Å². The number of nitrogens with zero attached hydrogens (tertiary/aromatic N) is 2. The largest absolute Gasteiger partial charge is 0.378 e. The summed E-state index contributed by atoms with van der Waals surface area (Å²) in [7, 11) is 3.90. The second-order valence-electron chi connectivity index (χ2n) is 7.80. The molecule has 5 nitrogen and oxygen atoms in total. The molecule has 0 aliphatic carbocycles. The highest BCUT2D eigenvalue weighted by Crippen LogP contribution is 2.28. The molecule has 30 heavy (non-hydrogen) atoms. The van der Waals surface area contributed by atoms with Crippen molar-refractivity contribution in [2.75, 3.05) is 37.4 Å². The molecule has 1 aliphatic heterocycles. The molecule has 0 bridgehead atoms. The van der Waals surface area contributed by atoms with E-state index in [0.717, 1.165) is 41.2 Å². The van der Waals surface area contributed by atoms with Crippen LogP contribution < -0.4 is 10.2 Å². The van der Waals surface area contributed by atoms with E-state index in [0.29, 0.717) is 11.1 Å². The van der Waals surface area contributed by atoms with Gasteiger partial charge in [-0.2, -0.15) is 0 Å². The number of nitrogens with one attached hydrogen (secondary N) is 1. The predicted octanol–water partition coefficient (Wildman–Crippen LogP) is 4.44. The van der Waals surface area contributed by atoms with Gasteiger partial charge in [-0.15, -0.1) is 0 Å². The molecule has 1 heterocycles. The van der Waals surface area contributed by atoms with E-state index in [4.69, 9.17) is 0 Å². The van der Waals surface area contributed by atoms with E-state index < -0.39 is 0 Å². The number of carbonyl (C=O) groups is 2. The molecule has 0 saturated carbocycles. The third kappa shape index (κ3) is 4.20. The van der Waals surface area contributed by atoms with Crippen LogP contribution in [0.5, 0.6) is 0 Å². The number of hydrogen-bond acceptors (Lipinski definition) is 3. The lowest BCUT2D eigenvalue weighted by molar-refractivity contribution is 0.0885. The number of anilines is 2. The molecular formula is C25H25N3O2. The van der Waals surface area contributed by atoms with Crippen LogP contribution in [0.2, 0.25) is 0 Å². The Kier molecular flexibility index (Phi) is 5.27. The molecule has 3 aromatic carbocycles. The topological polar surface area (TPSA) is 52.4 Å². The Bertz CT molecular complexity index is 1100. The fourth-order valence-electron chi connectivity index (χ4n) is 3.37. The summed E-state index contributed by atoms with van der Waals surface area (Å²) in [6.45, 7) is 3.73. The Morgan fingerprint density at radius 3 is 2.30 bits per heavy atom. The zero-order valence-corrected chi connectivity index (χ0v) is 17.5. The van der Waals surface area contributed by atoms with Gasteiger partial charge < -0.3 is 15.1 Å². The van der Waals surface area contributed by atoms with Crippen molar-refractivity contribution in [2.45, 2.75) is 6.92 Å². The van der Waals surface area contributed by atoms with Crippen molar-refractivity contribution in [1.29, 1.82) is 0 Å². The molecule has 5 heteroatoms. The Balaban J connectivity index is 1.55. The fourth-order valence-corrected chi connectivity index (χ4v) is 3.37. The van der Waals surface area contributed by atoms with Gasteiger partial charge in [0.1, 0.15) is 0 Å². The van der Waals surface area contributed by atoms with Gasteiger partial charge in [-0.05, 0) is 66.1 Å². The quantitative estimate of drug-likeness (QED) is 0.646. The predicted molar refractivity (Wildman–Crippen MR) is 121 cm³/mol. The molecule has 0 unspecified atom stereocenters. The van der Waals surface area contributed by atoms with Crippen molar-refractivity contribution in [1.82, 2.24) is 4.90 Å². The third-order valence-electron chi connectivity index (χ3n) is 5.30. The van der Waals surface area contributed by atoms with Crippen LogP contribution in [0.3, 0.4) is 0 Å². The zero-order chi connectivity index (χ0) is 21.3. The monoisotopic (exact) mass is 399 g/mol. The first-order chi connectivity index (χ1) is 14.4. The molecule has 1 fully saturated rings. The van der Waals surface area contributed by atoms with E-state index >= 15 is 0 Å². The molecule has 4 rings (SSSR count). The van der Waals surface area contributed by atoms with Crippen molar-refractivity contribution < 1.29 is 9.59 Å². The van der Waals surface area contributed by atoms with Gasteiger partial charge in [-0.1, -0.05) is 24.3 Å².